The van der Waals surface area contributed by atoms with Crippen molar-refractivity contribution in [2.24, 2.45) is 10.9 Å². The molecule has 18 heavy (non-hydrogen) atoms. The number of nitrogens with zero attached hydrogens (tertiary/aromatic N) is 1. The fourth-order valence-electron chi connectivity index (χ4n) is 1.66. The van der Waals surface area contributed by atoms with Crippen LogP contribution < -0.4 is 10.6 Å². The number of hydrogen-bond donors (Lipinski definition) is 2. The molecule has 0 atom stereocenters. The Morgan fingerprint density at radius 2 is 2.00 bits per heavy atom. The number of halogens is 1. The summed E-state index contributed by atoms with van der Waals surface area (Å²) in [6, 6.07) is 7.82. The van der Waals surface area contributed by atoms with Crippen molar-refractivity contribution in [1.82, 2.24) is 10.6 Å². The second-order valence-electron chi connectivity index (χ2n) is 4.65. The van der Waals surface area contributed by atoms with E-state index in [2.05, 4.69) is 22.5 Å². The van der Waals surface area contributed by atoms with E-state index in [1.165, 1.54) is 18.4 Å². The van der Waals surface area contributed by atoms with Crippen molar-refractivity contribution in [1.29, 1.82) is 0 Å². The lowest BCUT2D eigenvalue weighted by atomic mass is 10.2. The van der Waals surface area contributed by atoms with Crippen LogP contribution >= 0.6 is 11.6 Å². The Labute approximate surface area is 114 Å². The van der Waals surface area contributed by atoms with Gasteiger partial charge in [-0.2, -0.15) is 0 Å². The van der Waals surface area contributed by atoms with Crippen LogP contribution in [0.25, 0.3) is 0 Å². The molecule has 0 aromatic heterocycles. The largest absolute Gasteiger partial charge is 0.357 e. The molecule has 0 saturated heterocycles. The number of nitrogens with one attached hydrogen (secondary N) is 2. The van der Waals surface area contributed by atoms with Crippen LogP contribution in [-0.2, 0) is 6.54 Å². The molecule has 0 amide bonds. The monoisotopic (exact) mass is 265 g/mol. The van der Waals surface area contributed by atoms with Crippen molar-refractivity contribution in [3.63, 3.8) is 0 Å². The molecule has 0 radical (unpaired) electrons. The average Bonchev–Trinajstić information content (AvgIpc) is 3.19. The van der Waals surface area contributed by atoms with E-state index in [9.17, 15) is 0 Å². The molecule has 0 aliphatic heterocycles. The van der Waals surface area contributed by atoms with E-state index in [1.54, 1.807) is 0 Å². The number of rotatable bonds is 5. The molecule has 0 unspecified atom stereocenters. The molecule has 2 rings (SSSR count). The summed E-state index contributed by atoms with van der Waals surface area (Å²) in [4.78, 5) is 4.56. The Hall–Kier alpha value is -1.22. The van der Waals surface area contributed by atoms with E-state index in [0.717, 1.165) is 30.0 Å². The first kappa shape index (κ1) is 13.2. The number of hydrogen-bond acceptors (Lipinski definition) is 1. The van der Waals surface area contributed by atoms with Gasteiger partial charge in [0.15, 0.2) is 5.96 Å². The topological polar surface area (TPSA) is 36.4 Å². The van der Waals surface area contributed by atoms with Gasteiger partial charge in [0.2, 0.25) is 0 Å². The van der Waals surface area contributed by atoms with E-state index < -0.39 is 0 Å². The second-order valence-corrected chi connectivity index (χ2v) is 5.08. The van der Waals surface area contributed by atoms with Gasteiger partial charge in [0.25, 0.3) is 0 Å². The van der Waals surface area contributed by atoms with Crippen LogP contribution in [0.5, 0.6) is 0 Å². The lowest BCUT2D eigenvalue weighted by Crippen LogP contribution is -2.38. The van der Waals surface area contributed by atoms with Crippen molar-refractivity contribution in [3.05, 3.63) is 34.9 Å². The Balaban J connectivity index is 1.87. The Morgan fingerprint density at radius 1 is 1.28 bits per heavy atom. The molecule has 1 aromatic carbocycles. The van der Waals surface area contributed by atoms with Crippen LogP contribution in [0.3, 0.4) is 0 Å². The average molecular weight is 266 g/mol. The molecule has 98 valence electrons. The minimum absolute atomic E-state index is 0.678. The molecule has 0 heterocycles. The number of aliphatic imine (C=N–C) groups is 1. The Kier molecular flexibility index (Phi) is 4.88. The smallest absolute Gasteiger partial charge is 0.191 e. The van der Waals surface area contributed by atoms with E-state index in [4.69, 9.17) is 11.6 Å². The summed E-state index contributed by atoms with van der Waals surface area (Å²) >= 11 is 5.86. The van der Waals surface area contributed by atoms with Gasteiger partial charge in [0.05, 0.1) is 6.54 Å². The quantitative estimate of drug-likeness (QED) is 0.635. The minimum Gasteiger partial charge on any atom is -0.357 e. The predicted molar refractivity (Wildman–Crippen MR) is 77.0 cm³/mol. The summed E-state index contributed by atoms with van der Waals surface area (Å²) in [6.07, 6.45) is 2.70. The number of guanidine groups is 1. The SMILES string of the molecule is CCNC(=NCc1ccc(Cl)cc1)NCC1CC1. The standard InChI is InChI=1S/C14H20ClN3/c1-2-16-14(17-9-11-3-4-11)18-10-12-5-7-13(15)8-6-12/h5-8,11H,2-4,9-10H2,1H3,(H2,16,17,18). The molecular formula is C14H20ClN3. The lowest BCUT2D eigenvalue weighted by Gasteiger charge is -2.10. The molecule has 3 nitrogen and oxygen atoms in total. The summed E-state index contributed by atoms with van der Waals surface area (Å²) in [5, 5.41) is 7.40. The normalized spacial score (nSPS) is 15.6. The van der Waals surface area contributed by atoms with Gasteiger partial charge < -0.3 is 10.6 Å². The first-order valence-electron chi connectivity index (χ1n) is 6.54. The lowest BCUT2D eigenvalue weighted by molar-refractivity contribution is 0.739. The summed E-state index contributed by atoms with van der Waals surface area (Å²) in [5.74, 6) is 1.75. The van der Waals surface area contributed by atoms with Crippen molar-refractivity contribution in [2.45, 2.75) is 26.3 Å². The van der Waals surface area contributed by atoms with E-state index in [0.29, 0.717) is 6.54 Å². The van der Waals surface area contributed by atoms with Gasteiger partial charge in [-0.05, 0) is 43.4 Å². The van der Waals surface area contributed by atoms with E-state index >= 15 is 0 Å². The highest BCUT2D eigenvalue weighted by Crippen LogP contribution is 2.27. The molecule has 1 aromatic rings. The van der Waals surface area contributed by atoms with Gasteiger partial charge in [-0.1, -0.05) is 23.7 Å². The molecule has 1 fully saturated rings. The molecule has 1 saturated carbocycles. The molecule has 1 aliphatic rings. The second kappa shape index (κ2) is 6.64. The highest BCUT2D eigenvalue weighted by Gasteiger charge is 2.20. The zero-order chi connectivity index (χ0) is 12.8. The van der Waals surface area contributed by atoms with Crippen LogP contribution in [0, 0.1) is 5.92 Å². The Bertz CT molecular complexity index is 396. The summed E-state index contributed by atoms with van der Waals surface area (Å²) in [7, 11) is 0. The number of benzene rings is 1. The fourth-order valence-corrected chi connectivity index (χ4v) is 1.79. The van der Waals surface area contributed by atoms with Crippen molar-refractivity contribution < 1.29 is 0 Å². The van der Waals surface area contributed by atoms with Gasteiger partial charge in [-0.15, -0.1) is 0 Å². The van der Waals surface area contributed by atoms with Crippen LogP contribution in [0.2, 0.25) is 5.02 Å². The zero-order valence-electron chi connectivity index (χ0n) is 10.7. The first-order valence-corrected chi connectivity index (χ1v) is 6.92. The van der Waals surface area contributed by atoms with Gasteiger partial charge in [-0.25, -0.2) is 4.99 Å². The zero-order valence-corrected chi connectivity index (χ0v) is 11.5. The molecule has 0 spiro atoms. The van der Waals surface area contributed by atoms with E-state index in [1.807, 2.05) is 24.3 Å². The summed E-state index contributed by atoms with van der Waals surface area (Å²) in [5.41, 5.74) is 1.17. The third-order valence-corrected chi connectivity index (χ3v) is 3.18. The third kappa shape index (κ3) is 4.57. The maximum atomic E-state index is 5.86. The van der Waals surface area contributed by atoms with E-state index in [-0.39, 0.29) is 0 Å². The molecular weight excluding hydrogens is 246 g/mol. The molecule has 0 bridgehead atoms. The van der Waals surface area contributed by atoms with Crippen LogP contribution in [-0.4, -0.2) is 19.0 Å². The van der Waals surface area contributed by atoms with Gasteiger partial charge in [0, 0.05) is 18.1 Å². The maximum absolute atomic E-state index is 5.86. The molecule has 1 aliphatic carbocycles. The van der Waals surface area contributed by atoms with Gasteiger partial charge in [0.1, 0.15) is 0 Å². The molecule has 4 heteroatoms. The fraction of sp³-hybridized carbons (Fsp3) is 0.500. The molecule has 2 N–H and O–H groups in total. The highest BCUT2D eigenvalue weighted by atomic mass is 35.5. The maximum Gasteiger partial charge on any atom is 0.191 e. The van der Waals surface area contributed by atoms with Crippen molar-refractivity contribution in [2.75, 3.05) is 13.1 Å². The summed E-state index contributed by atoms with van der Waals surface area (Å²) < 4.78 is 0. The Morgan fingerprint density at radius 3 is 2.61 bits per heavy atom. The minimum atomic E-state index is 0.678. The van der Waals surface area contributed by atoms with Gasteiger partial charge in [-0.3, -0.25) is 0 Å². The third-order valence-electron chi connectivity index (χ3n) is 2.93. The van der Waals surface area contributed by atoms with Crippen molar-refractivity contribution >= 4 is 17.6 Å². The summed E-state index contributed by atoms with van der Waals surface area (Å²) in [6.45, 7) is 4.68. The predicted octanol–water partition coefficient (Wildman–Crippen LogP) is 2.81. The van der Waals surface area contributed by atoms with Crippen LogP contribution in [0.1, 0.15) is 25.3 Å². The highest BCUT2D eigenvalue weighted by molar-refractivity contribution is 6.30. The first-order chi connectivity index (χ1) is 8.78. The van der Waals surface area contributed by atoms with Gasteiger partial charge >= 0.3 is 0 Å². The van der Waals surface area contributed by atoms with Crippen LogP contribution in [0.4, 0.5) is 0 Å². The van der Waals surface area contributed by atoms with Crippen molar-refractivity contribution in [3.8, 4) is 0 Å². The van der Waals surface area contributed by atoms with Crippen LogP contribution in [0.15, 0.2) is 29.3 Å².